The number of nitrogens with zero attached hydrogens (tertiary/aromatic N) is 4. The average Bonchev–Trinajstić information content (AvgIpc) is 3.79. The van der Waals surface area contributed by atoms with Gasteiger partial charge in [0.1, 0.15) is 11.2 Å². The predicted molar refractivity (Wildman–Crippen MR) is 203 cm³/mol. The maximum Gasteiger partial charge on any atom is 0.166 e. The van der Waals surface area contributed by atoms with E-state index in [-0.39, 0.29) is 17.6 Å². The van der Waals surface area contributed by atoms with Crippen molar-refractivity contribution >= 4 is 43.7 Å². The van der Waals surface area contributed by atoms with E-state index in [1.165, 1.54) is 0 Å². The van der Waals surface area contributed by atoms with Crippen LogP contribution in [0.3, 0.4) is 0 Å². The number of furan rings is 1. The molecule has 50 heavy (non-hydrogen) atoms. The molecule has 10 aromatic rings. The first-order valence-electron chi connectivity index (χ1n) is 18.8. The van der Waals surface area contributed by atoms with E-state index < -0.39 is 18.1 Å². The van der Waals surface area contributed by atoms with Crippen molar-refractivity contribution in [3.63, 3.8) is 0 Å². The zero-order chi connectivity index (χ0) is 37.4. The van der Waals surface area contributed by atoms with Crippen LogP contribution in [0.4, 0.5) is 0 Å². The third kappa shape index (κ3) is 4.45. The van der Waals surface area contributed by atoms with Crippen LogP contribution in [0.25, 0.3) is 94.7 Å². The van der Waals surface area contributed by atoms with Gasteiger partial charge in [-0.3, -0.25) is 0 Å². The number of hydrogen-bond donors (Lipinski definition) is 0. The van der Waals surface area contributed by atoms with E-state index in [1.54, 1.807) is 6.07 Å². The summed E-state index contributed by atoms with van der Waals surface area (Å²) < 4.78 is 50.9. The minimum absolute atomic E-state index is 0.0768. The standard InChI is InChI=1S/C45H28N4O/c1-4-15-29(16-5-1)32-22-12-24-35-40-36(25-14-28-39(40)50-42(32)35)44-46-43(30-17-6-2-7-18-30)47-45(48-44)37-26-13-23-34-33-21-10-11-27-38(33)49(41(34)37)31-19-8-3-9-20-31/h1-28H/i1D,4D,5D,15D,16D. The lowest BCUT2D eigenvalue weighted by atomic mass is 10.0. The summed E-state index contributed by atoms with van der Waals surface area (Å²) in [5, 5.41) is 3.62. The molecule has 0 fully saturated rings. The van der Waals surface area contributed by atoms with Crippen LogP contribution in [0.1, 0.15) is 6.85 Å². The summed E-state index contributed by atoms with van der Waals surface area (Å²) in [7, 11) is 0. The zero-order valence-corrected chi connectivity index (χ0v) is 26.5. The monoisotopic (exact) mass is 645 g/mol. The summed E-state index contributed by atoms with van der Waals surface area (Å²) in [4.78, 5) is 15.4. The van der Waals surface area contributed by atoms with Crippen molar-refractivity contribution < 1.29 is 11.3 Å². The number of rotatable bonds is 5. The Morgan fingerprint density at radius 3 is 1.92 bits per heavy atom. The van der Waals surface area contributed by atoms with Gasteiger partial charge in [0.05, 0.1) is 17.9 Å². The van der Waals surface area contributed by atoms with Crippen LogP contribution in [0.5, 0.6) is 0 Å². The topological polar surface area (TPSA) is 56.7 Å². The minimum atomic E-state index is -0.447. The van der Waals surface area contributed by atoms with Gasteiger partial charge >= 0.3 is 0 Å². The molecular formula is C45H28N4O. The van der Waals surface area contributed by atoms with Gasteiger partial charge in [0, 0.05) is 49.5 Å². The summed E-state index contributed by atoms with van der Waals surface area (Å²) in [5.74, 6) is 1.44. The van der Waals surface area contributed by atoms with Crippen LogP contribution in [-0.2, 0) is 0 Å². The van der Waals surface area contributed by atoms with Gasteiger partial charge < -0.3 is 8.98 Å². The Labute approximate surface area is 294 Å². The predicted octanol–water partition coefficient (Wildman–Crippen LogP) is 11.5. The van der Waals surface area contributed by atoms with Crippen LogP contribution in [-0.4, -0.2) is 19.5 Å². The van der Waals surface area contributed by atoms with Crippen molar-refractivity contribution in [1.82, 2.24) is 19.5 Å². The highest BCUT2D eigenvalue weighted by Crippen LogP contribution is 2.41. The minimum Gasteiger partial charge on any atom is -0.455 e. The highest BCUT2D eigenvalue weighted by molar-refractivity contribution is 6.15. The van der Waals surface area contributed by atoms with Gasteiger partial charge in [-0.05, 0) is 35.9 Å². The highest BCUT2D eigenvalue weighted by atomic mass is 16.3. The molecule has 234 valence electrons. The maximum atomic E-state index is 8.69. The Morgan fingerprint density at radius 2 is 1.10 bits per heavy atom. The molecule has 0 saturated heterocycles. The van der Waals surface area contributed by atoms with Crippen LogP contribution >= 0.6 is 0 Å². The van der Waals surface area contributed by atoms with E-state index in [9.17, 15) is 0 Å². The second kappa shape index (κ2) is 11.4. The quantitative estimate of drug-likeness (QED) is 0.187. The molecule has 0 bridgehead atoms. The van der Waals surface area contributed by atoms with E-state index >= 15 is 0 Å². The first-order chi connectivity index (χ1) is 26.9. The van der Waals surface area contributed by atoms with Gasteiger partial charge in [-0.15, -0.1) is 0 Å². The summed E-state index contributed by atoms with van der Waals surface area (Å²) in [6.45, 7) is 0. The Morgan fingerprint density at radius 1 is 0.480 bits per heavy atom. The Hall–Kier alpha value is -6.85. The van der Waals surface area contributed by atoms with E-state index in [1.807, 2.05) is 91.0 Å². The smallest absolute Gasteiger partial charge is 0.166 e. The highest BCUT2D eigenvalue weighted by Gasteiger charge is 2.22. The van der Waals surface area contributed by atoms with E-state index in [4.69, 9.17) is 26.2 Å². The molecule has 3 aromatic heterocycles. The van der Waals surface area contributed by atoms with E-state index in [0.717, 1.165) is 44.0 Å². The Kier molecular flexibility index (Phi) is 5.35. The fraction of sp³-hybridized carbons (Fsp3) is 0. The molecule has 3 heterocycles. The number of benzene rings is 7. The average molecular weight is 646 g/mol. The third-order valence-corrected chi connectivity index (χ3v) is 9.15. The summed E-state index contributed by atoms with van der Waals surface area (Å²) in [6.07, 6.45) is 0. The third-order valence-electron chi connectivity index (χ3n) is 9.15. The molecule has 0 aliphatic carbocycles. The lowest BCUT2D eigenvalue weighted by Gasteiger charge is -2.13. The molecule has 0 amide bonds. The summed E-state index contributed by atoms with van der Waals surface area (Å²) in [5.41, 5.74) is 6.85. The molecule has 0 N–H and O–H groups in total. The normalized spacial score (nSPS) is 13.0. The largest absolute Gasteiger partial charge is 0.455 e. The van der Waals surface area contributed by atoms with Crippen LogP contribution in [0.15, 0.2) is 174 Å². The number of aromatic nitrogens is 4. The first kappa shape index (κ1) is 23.5. The van der Waals surface area contributed by atoms with Gasteiger partial charge in [0.2, 0.25) is 0 Å². The van der Waals surface area contributed by atoms with Gasteiger partial charge in [-0.1, -0.05) is 139 Å². The van der Waals surface area contributed by atoms with Crippen molar-refractivity contribution in [2.24, 2.45) is 0 Å². The van der Waals surface area contributed by atoms with Crippen molar-refractivity contribution in [3.8, 4) is 51.0 Å². The number of hydrogen-bond acceptors (Lipinski definition) is 4. The molecule has 0 radical (unpaired) electrons. The molecule has 0 aliphatic rings. The fourth-order valence-electron chi connectivity index (χ4n) is 6.99. The second-order valence-corrected chi connectivity index (χ2v) is 12.0. The fourth-order valence-corrected chi connectivity index (χ4v) is 6.99. The van der Waals surface area contributed by atoms with Gasteiger partial charge in [-0.25, -0.2) is 15.0 Å². The molecule has 10 rings (SSSR count). The van der Waals surface area contributed by atoms with Crippen molar-refractivity contribution in [2.75, 3.05) is 0 Å². The van der Waals surface area contributed by atoms with Crippen molar-refractivity contribution in [3.05, 3.63) is 170 Å². The summed E-state index contributed by atoms with van der Waals surface area (Å²) in [6, 6.07) is 43.9. The van der Waals surface area contributed by atoms with Crippen LogP contribution in [0, 0.1) is 0 Å². The molecule has 0 saturated carbocycles. The molecule has 0 atom stereocenters. The molecule has 7 aromatic carbocycles. The molecule has 0 spiro atoms. The van der Waals surface area contributed by atoms with Crippen molar-refractivity contribution in [2.45, 2.75) is 0 Å². The van der Waals surface area contributed by atoms with Gasteiger partial charge in [0.25, 0.3) is 0 Å². The lowest BCUT2D eigenvalue weighted by molar-refractivity contribution is 0.670. The van der Waals surface area contributed by atoms with Gasteiger partial charge in [0.15, 0.2) is 17.5 Å². The van der Waals surface area contributed by atoms with Crippen LogP contribution < -0.4 is 0 Å². The van der Waals surface area contributed by atoms with E-state index in [0.29, 0.717) is 45.2 Å². The number of para-hydroxylation sites is 4. The lowest BCUT2D eigenvalue weighted by Crippen LogP contribution is -2.02. The molecule has 5 heteroatoms. The molecule has 5 nitrogen and oxygen atoms in total. The Bertz CT molecular complexity index is 3130. The molecule has 0 unspecified atom stereocenters. The SMILES string of the molecule is [2H]c1c([2H])c([2H])c(-c2cccc3c2oc2cccc(-c4nc(-c5ccccc5)nc(-c5cccc6c7ccccc7n(-c7ccccc7)c56)n4)c23)c([2H])c1[2H]. The van der Waals surface area contributed by atoms with Crippen molar-refractivity contribution in [1.29, 1.82) is 0 Å². The zero-order valence-electron chi connectivity index (χ0n) is 31.5. The number of fused-ring (bicyclic) bond motifs is 6. The molecule has 0 aliphatic heterocycles. The summed E-state index contributed by atoms with van der Waals surface area (Å²) >= 11 is 0. The van der Waals surface area contributed by atoms with Gasteiger partial charge in [-0.2, -0.15) is 0 Å². The molecular weight excluding hydrogens is 613 g/mol. The Balaban J connectivity index is 1.26. The second-order valence-electron chi connectivity index (χ2n) is 12.0. The first-order valence-corrected chi connectivity index (χ1v) is 16.3. The maximum absolute atomic E-state index is 8.69. The van der Waals surface area contributed by atoms with E-state index in [2.05, 4.69) is 47.0 Å². The van der Waals surface area contributed by atoms with Crippen LogP contribution in [0.2, 0.25) is 0 Å².